The quantitative estimate of drug-likeness (QED) is 0.391. The summed E-state index contributed by atoms with van der Waals surface area (Å²) in [5.41, 5.74) is 4.06. The number of hydrogen-bond donors (Lipinski definition) is 2. The van der Waals surface area contributed by atoms with E-state index in [-0.39, 0.29) is 17.5 Å². The minimum absolute atomic E-state index is 0.147. The van der Waals surface area contributed by atoms with Crippen LogP contribution in [-0.2, 0) is 11.3 Å². The highest BCUT2D eigenvalue weighted by Crippen LogP contribution is 2.27. The summed E-state index contributed by atoms with van der Waals surface area (Å²) in [5.74, 6) is -0.740. The lowest BCUT2D eigenvalue weighted by Crippen LogP contribution is -2.28. The Labute approximate surface area is 197 Å². The van der Waals surface area contributed by atoms with Crippen LogP contribution in [0.5, 0.6) is 0 Å². The van der Waals surface area contributed by atoms with Gasteiger partial charge in [-0.3, -0.25) is 19.3 Å². The molecular formula is C25H26N6O3. The first-order chi connectivity index (χ1) is 16.5. The number of rotatable bonds is 8. The van der Waals surface area contributed by atoms with Gasteiger partial charge in [0.25, 0.3) is 11.8 Å². The van der Waals surface area contributed by atoms with Gasteiger partial charge in [0, 0.05) is 49.7 Å². The fraction of sp³-hybridized carbons (Fsp3) is 0.240. The molecule has 34 heavy (non-hydrogen) atoms. The number of ether oxygens (including phenoxy) is 1. The van der Waals surface area contributed by atoms with Gasteiger partial charge in [-0.25, -0.2) is 4.98 Å². The van der Waals surface area contributed by atoms with Gasteiger partial charge in [0.05, 0.1) is 29.1 Å². The molecule has 0 aliphatic rings. The first-order valence-corrected chi connectivity index (χ1v) is 11.0. The molecule has 9 heteroatoms. The van der Waals surface area contributed by atoms with Crippen molar-refractivity contribution in [1.82, 2.24) is 25.1 Å². The molecule has 1 aromatic carbocycles. The van der Waals surface area contributed by atoms with Crippen molar-refractivity contribution in [3.8, 4) is 11.3 Å². The Hall–Kier alpha value is -4.11. The average molecular weight is 459 g/mol. The number of carbonyl (C=O) groups excluding carboxylic acids is 2. The van der Waals surface area contributed by atoms with Crippen molar-refractivity contribution in [3.05, 3.63) is 71.8 Å². The van der Waals surface area contributed by atoms with E-state index in [0.29, 0.717) is 36.6 Å². The second-order valence-corrected chi connectivity index (χ2v) is 7.72. The van der Waals surface area contributed by atoms with Gasteiger partial charge in [0.2, 0.25) is 0 Å². The fourth-order valence-corrected chi connectivity index (χ4v) is 3.62. The smallest absolute Gasteiger partial charge is 0.274 e. The number of amides is 2. The van der Waals surface area contributed by atoms with Crippen LogP contribution >= 0.6 is 0 Å². The van der Waals surface area contributed by atoms with E-state index >= 15 is 0 Å². The van der Waals surface area contributed by atoms with Crippen molar-refractivity contribution >= 4 is 28.4 Å². The van der Waals surface area contributed by atoms with Gasteiger partial charge < -0.3 is 15.4 Å². The fourth-order valence-electron chi connectivity index (χ4n) is 3.62. The number of anilines is 1. The van der Waals surface area contributed by atoms with Gasteiger partial charge >= 0.3 is 0 Å². The molecule has 0 bridgehead atoms. The van der Waals surface area contributed by atoms with Gasteiger partial charge in [0.1, 0.15) is 0 Å². The molecule has 0 radical (unpaired) electrons. The summed E-state index contributed by atoms with van der Waals surface area (Å²) in [7, 11) is 1.56. The van der Waals surface area contributed by atoms with Crippen LogP contribution in [0.25, 0.3) is 22.2 Å². The minimum Gasteiger partial charge on any atom is -0.383 e. The summed E-state index contributed by atoms with van der Waals surface area (Å²) in [6.07, 6.45) is 5.05. The van der Waals surface area contributed by atoms with E-state index in [1.54, 1.807) is 36.4 Å². The van der Waals surface area contributed by atoms with Crippen molar-refractivity contribution < 1.29 is 14.3 Å². The SMILES string of the molecule is CCn1cc(NC(=O)c2cc(-c3cccnc3)nc3c(C)cccc23)c(C(=O)NCCOC)n1. The van der Waals surface area contributed by atoms with Crippen LogP contribution in [-0.4, -0.2) is 51.8 Å². The molecular weight excluding hydrogens is 432 g/mol. The molecule has 0 spiro atoms. The molecule has 0 saturated carbocycles. The Morgan fingerprint density at radius 2 is 2.00 bits per heavy atom. The summed E-state index contributed by atoms with van der Waals surface area (Å²) in [5, 5.41) is 10.7. The lowest BCUT2D eigenvalue weighted by atomic mass is 10.0. The maximum absolute atomic E-state index is 13.5. The number of aryl methyl sites for hydroxylation is 2. The highest BCUT2D eigenvalue weighted by molar-refractivity contribution is 6.15. The number of fused-ring (bicyclic) bond motifs is 1. The molecule has 3 heterocycles. The summed E-state index contributed by atoms with van der Waals surface area (Å²) < 4.78 is 6.59. The van der Waals surface area contributed by atoms with Gasteiger partial charge in [-0.05, 0) is 37.6 Å². The van der Waals surface area contributed by atoms with E-state index < -0.39 is 0 Å². The van der Waals surface area contributed by atoms with E-state index in [4.69, 9.17) is 9.72 Å². The first kappa shape index (κ1) is 23.1. The largest absolute Gasteiger partial charge is 0.383 e. The zero-order valence-corrected chi connectivity index (χ0v) is 19.3. The van der Waals surface area contributed by atoms with E-state index in [1.165, 1.54) is 0 Å². The maximum atomic E-state index is 13.5. The number of aromatic nitrogens is 4. The zero-order valence-electron chi connectivity index (χ0n) is 19.3. The van der Waals surface area contributed by atoms with Crippen LogP contribution in [0.4, 0.5) is 5.69 Å². The third-order valence-electron chi connectivity index (χ3n) is 5.38. The van der Waals surface area contributed by atoms with Crippen molar-refractivity contribution in [3.63, 3.8) is 0 Å². The van der Waals surface area contributed by atoms with Crippen molar-refractivity contribution in [2.45, 2.75) is 20.4 Å². The predicted molar refractivity (Wildman–Crippen MR) is 130 cm³/mol. The normalized spacial score (nSPS) is 10.9. The van der Waals surface area contributed by atoms with Crippen molar-refractivity contribution in [2.75, 3.05) is 25.6 Å². The molecule has 0 unspecified atom stereocenters. The van der Waals surface area contributed by atoms with Crippen LogP contribution in [0, 0.1) is 6.92 Å². The summed E-state index contributed by atoms with van der Waals surface area (Å²) in [6, 6.07) is 11.2. The van der Waals surface area contributed by atoms with Crippen LogP contribution in [0.15, 0.2) is 55.0 Å². The molecule has 0 atom stereocenters. The summed E-state index contributed by atoms with van der Waals surface area (Å²) >= 11 is 0. The summed E-state index contributed by atoms with van der Waals surface area (Å²) in [4.78, 5) is 35.1. The van der Waals surface area contributed by atoms with Crippen molar-refractivity contribution in [1.29, 1.82) is 0 Å². The molecule has 2 amide bonds. The van der Waals surface area contributed by atoms with Crippen LogP contribution in [0.3, 0.4) is 0 Å². The average Bonchev–Trinajstić information content (AvgIpc) is 3.27. The third kappa shape index (κ3) is 4.79. The molecule has 0 saturated heterocycles. The van der Waals surface area contributed by atoms with Crippen LogP contribution in [0.1, 0.15) is 33.3 Å². The Morgan fingerprint density at radius 1 is 1.15 bits per heavy atom. The molecule has 2 N–H and O–H groups in total. The molecule has 174 valence electrons. The number of benzene rings is 1. The lowest BCUT2D eigenvalue weighted by molar-refractivity contribution is 0.0932. The number of hydrogen-bond acceptors (Lipinski definition) is 6. The highest BCUT2D eigenvalue weighted by atomic mass is 16.5. The molecule has 0 fully saturated rings. The molecule has 9 nitrogen and oxygen atoms in total. The second kappa shape index (κ2) is 10.2. The van der Waals surface area contributed by atoms with Crippen LogP contribution < -0.4 is 10.6 Å². The molecule has 0 aliphatic heterocycles. The Bertz CT molecular complexity index is 1330. The van der Waals surface area contributed by atoms with Gasteiger partial charge in [-0.2, -0.15) is 5.10 Å². The highest BCUT2D eigenvalue weighted by Gasteiger charge is 2.21. The minimum atomic E-state index is -0.383. The number of nitrogens with one attached hydrogen (secondary N) is 2. The number of carbonyl (C=O) groups is 2. The van der Waals surface area contributed by atoms with Gasteiger partial charge in [-0.15, -0.1) is 0 Å². The second-order valence-electron chi connectivity index (χ2n) is 7.72. The van der Waals surface area contributed by atoms with Gasteiger partial charge in [-0.1, -0.05) is 18.2 Å². The topological polar surface area (TPSA) is 111 Å². The van der Waals surface area contributed by atoms with Gasteiger partial charge in [0.15, 0.2) is 5.69 Å². The Balaban J connectivity index is 1.73. The van der Waals surface area contributed by atoms with E-state index in [1.807, 2.05) is 44.2 Å². The number of pyridine rings is 2. The molecule has 4 rings (SSSR count). The standard InChI is InChI=1S/C25H26N6O3/c1-4-31-15-21(23(30-31)25(33)27-11-12-34-3)29-24(32)19-13-20(17-8-6-10-26-14-17)28-22-16(2)7-5-9-18(19)22/h5-10,13-15H,4,11-12H2,1-3H3,(H,27,33)(H,29,32). The zero-order chi connectivity index (χ0) is 24.1. The monoisotopic (exact) mass is 458 g/mol. The van der Waals surface area contributed by atoms with Crippen molar-refractivity contribution in [2.24, 2.45) is 0 Å². The Morgan fingerprint density at radius 3 is 2.74 bits per heavy atom. The first-order valence-electron chi connectivity index (χ1n) is 11.0. The molecule has 0 aliphatic carbocycles. The van der Waals surface area contributed by atoms with E-state index in [2.05, 4.69) is 20.7 Å². The lowest BCUT2D eigenvalue weighted by Gasteiger charge is -2.12. The molecule has 3 aromatic heterocycles. The van der Waals surface area contributed by atoms with Crippen LogP contribution in [0.2, 0.25) is 0 Å². The predicted octanol–water partition coefficient (Wildman–Crippen LogP) is 3.45. The number of methoxy groups -OCH3 is 1. The maximum Gasteiger partial charge on any atom is 0.274 e. The molecule has 4 aromatic rings. The third-order valence-corrected chi connectivity index (χ3v) is 5.38. The number of para-hydroxylation sites is 1. The number of nitrogens with zero attached hydrogens (tertiary/aromatic N) is 4. The van der Waals surface area contributed by atoms with E-state index in [0.717, 1.165) is 22.0 Å². The Kier molecular flexibility index (Phi) is 6.93. The summed E-state index contributed by atoms with van der Waals surface area (Å²) in [6.45, 7) is 5.13. The van der Waals surface area contributed by atoms with E-state index in [9.17, 15) is 9.59 Å².